The minimum absolute atomic E-state index is 0.523. The summed E-state index contributed by atoms with van der Waals surface area (Å²) in [4.78, 5) is 0. The molecule has 1 heteroatoms. The topological polar surface area (TPSA) is 20.2 Å². The van der Waals surface area contributed by atoms with Gasteiger partial charge in [-0.1, -0.05) is 18.7 Å². The van der Waals surface area contributed by atoms with Gasteiger partial charge in [-0.25, -0.2) is 0 Å². The number of benzene rings is 1. The SMILES string of the molecule is C=c1ccc(C)c2c1=C(O)CCC2. The van der Waals surface area contributed by atoms with Gasteiger partial charge in [0.2, 0.25) is 0 Å². The Bertz CT molecular complexity index is 443. The predicted octanol–water partition coefficient (Wildman–Crippen LogP) is 1.41. The highest BCUT2D eigenvalue weighted by Gasteiger charge is 2.10. The minimum atomic E-state index is 0.523. The molecule has 1 aromatic rings. The van der Waals surface area contributed by atoms with Crippen LogP contribution in [0.1, 0.15) is 24.0 Å². The number of hydrogen-bond acceptors (Lipinski definition) is 1. The molecule has 0 saturated heterocycles. The van der Waals surface area contributed by atoms with E-state index in [2.05, 4.69) is 19.6 Å². The molecule has 0 aliphatic heterocycles. The van der Waals surface area contributed by atoms with Crippen LogP contribution in [0.2, 0.25) is 0 Å². The maximum atomic E-state index is 9.74. The third-order valence-electron chi connectivity index (χ3n) is 2.76. The second-order valence-electron chi connectivity index (χ2n) is 3.70. The Morgan fingerprint density at radius 1 is 1.31 bits per heavy atom. The lowest BCUT2D eigenvalue weighted by Gasteiger charge is -2.14. The van der Waals surface area contributed by atoms with Gasteiger partial charge in [-0.05, 0) is 36.1 Å². The molecular formula is C12H14O. The van der Waals surface area contributed by atoms with Gasteiger partial charge < -0.3 is 5.11 Å². The van der Waals surface area contributed by atoms with Crippen LogP contribution in [-0.4, -0.2) is 5.11 Å². The largest absolute Gasteiger partial charge is 0.512 e. The van der Waals surface area contributed by atoms with E-state index in [-0.39, 0.29) is 0 Å². The van der Waals surface area contributed by atoms with Crippen molar-refractivity contribution in [3.8, 4) is 0 Å². The zero-order valence-electron chi connectivity index (χ0n) is 7.93. The molecule has 0 spiro atoms. The first-order chi connectivity index (χ1) is 6.20. The van der Waals surface area contributed by atoms with Gasteiger partial charge in [0, 0.05) is 11.6 Å². The van der Waals surface area contributed by atoms with Crippen LogP contribution >= 0.6 is 0 Å². The molecule has 13 heavy (non-hydrogen) atoms. The lowest BCUT2D eigenvalue weighted by atomic mass is 9.93. The van der Waals surface area contributed by atoms with Crippen LogP contribution in [0.5, 0.6) is 0 Å². The average Bonchev–Trinajstić information content (AvgIpc) is 2.12. The fourth-order valence-corrected chi connectivity index (χ4v) is 2.04. The molecule has 1 nitrogen and oxygen atoms in total. The van der Waals surface area contributed by atoms with E-state index in [1.807, 2.05) is 6.07 Å². The van der Waals surface area contributed by atoms with Crippen molar-refractivity contribution in [2.24, 2.45) is 0 Å². The first kappa shape index (κ1) is 8.36. The van der Waals surface area contributed by atoms with Crippen LogP contribution in [0.15, 0.2) is 12.1 Å². The zero-order chi connectivity index (χ0) is 9.42. The molecule has 0 amide bonds. The lowest BCUT2D eigenvalue weighted by molar-refractivity contribution is 0.465. The number of hydrogen-bond donors (Lipinski definition) is 1. The van der Waals surface area contributed by atoms with Crippen molar-refractivity contribution in [3.05, 3.63) is 33.7 Å². The highest BCUT2D eigenvalue weighted by Crippen LogP contribution is 2.13. The Morgan fingerprint density at radius 2 is 2.08 bits per heavy atom. The molecule has 1 aromatic carbocycles. The van der Waals surface area contributed by atoms with Crippen molar-refractivity contribution >= 4 is 12.3 Å². The fourth-order valence-electron chi connectivity index (χ4n) is 2.04. The van der Waals surface area contributed by atoms with Crippen LogP contribution in [0.25, 0.3) is 12.3 Å². The van der Waals surface area contributed by atoms with Gasteiger partial charge in [0.1, 0.15) is 5.76 Å². The summed E-state index contributed by atoms with van der Waals surface area (Å²) in [5, 5.41) is 11.7. The Labute approximate surface area is 78.0 Å². The third-order valence-corrected chi connectivity index (χ3v) is 2.76. The summed E-state index contributed by atoms with van der Waals surface area (Å²) in [5.41, 5.74) is 2.56. The number of rotatable bonds is 0. The van der Waals surface area contributed by atoms with Crippen LogP contribution in [0, 0.1) is 6.92 Å². The molecule has 2 rings (SSSR count). The molecular weight excluding hydrogens is 160 g/mol. The van der Waals surface area contributed by atoms with Crippen LogP contribution in [-0.2, 0) is 6.42 Å². The highest BCUT2D eigenvalue weighted by molar-refractivity contribution is 5.45. The van der Waals surface area contributed by atoms with Crippen molar-refractivity contribution in [1.82, 2.24) is 0 Å². The first-order valence-electron chi connectivity index (χ1n) is 4.69. The predicted molar refractivity (Wildman–Crippen MR) is 54.9 cm³/mol. The molecule has 0 heterocycles. The van der Waals surface area contributed by atoms with E-state index in [0.29, 0.717) is 5.76 Å². The van der Waals surface area contributed by atoms with Gasteiger partial charge in [-0.15, -0.1) is 0 Å². The number of aryl methyl sites for hydroxylation is 1. The number of fused-ring (bicyclic) bond motifs is 1. The summed E-state index contributed by atoms with van der Waals surface area (Å²) in [6.45, 7) is 6.04. The first-order valence-corrected chi connectivity index (χ1v) is 4.69. The van der Waals surface area contributed by atoms with Gasteiger partial charge in [0.05, 0.1) is 0 Å². The second-order valence-corrected chi connectivity index (χ2v) is 3.70. The van der Waals surface area contributed by atoms with Crippen LogP contribution < -0.4 is 10.4 Å². The third kappa shape index (κ3) is 1.24. The Balaban J connectivity index is 2.92. The summed E-state index contributed by atoms with van der Waals surface area (Å²) < 4.78 is 0. The normalized spacial score (nSPS) is 15.6. The molecule has 1 aliphatic carbocycles. The summed E-state index contributed by atoms with van der Waals surface area (Å²) in [6.07, 6.45) is 2.94. The van der Waals surface area contributed by atoms with E-state index in [0.717, 1.165) is 29.7 Å². The van der Waals surface area contributed by atoms with Crippen molar-refractivity contribution in [2.45, 2.75) is 26.2 Å². The van der Waals surface area contributed by atoms with Crippen LogP contribution in [0.4, 0.5) is 0 Å². The van der Waals surface area contributed by atoms with E-state index in [1.54, 1.807) is 0 Å². The molecule has 68 valence electrons. The molecule has 0 fully saturated rings. The fraction of sp³-hybridized carbons (Fsp3) is 0.333. The molecule has 0 aromatic heterocycles. The standard InChI is InChI=1S/C12H14O/c1-8-6-7-9(2)12-10(8)4-3-5-11(12)13/h6-7,13H,2-5H2,1H3. The van der Waals surface area contributed by atoms with Crippen molar-refractivity contribution in [3.63, 3.8) is 0 Å². The molecule has 0 atom stereocenters. The Kier molecular flexibility index (Phi) is 1.87. The summed E-state index contributed by atoms with van der Waals surface area (Å²) >= 11 is 0. The zero-order valence-corrected chi connectivity index (χ0v) is 7.93. The monoisotopic (exact) mass is 174 g/mol. The van der Waals surface area contributed by atoms with Gasteiger partial charge in [-0.3, -0.25) is 0 Å². The molecule has 0 unspecified atom stereocenters. The Hall–Kier alpha value is -1.24. The van der Waals surface area contributed by atoms with Gasteiger partial charge in [-0.2, -0.15) is 0 Å². The molecule has 0 bridgehead atoms. The van der Waals surface area contributed by atoms with Gasteiger partial charge in [0.25, 0.3) is 0 Å². The van der Waals surface area contributed by atoms with Crippen molar-refractivity contribution in [1.29, 1.82) is 0 Å². The van der Waals surface area contributed by atoms with E-state index in [9.17, 15) is 5.11 Å². The van der Waals surface area contributed by atoms with E-state index in [1.165, 1.54) is 11.1 Å². The highest BCUT2D eigenvalue weighted by atomic mass is 16.3. The lowest BCUT2D eigenvalue weighted by Crippen LogP contribution is -2.33. The maximum Gasteiger partial charge on any atom is 0.100 e. The Morgan fingerprint density at radius 3 is 2.77 bits per heavy atom. The minimum Gasteiger partial charge on any atom is -0.512 e. The van der Waals surface area contributed by atoms with Crippen molar-refractivity contribution < 1.29 is 5.11 Å². The smallest absolute Gasteiger partial charge is 0.100 e. The molecule has 1 aliphatic rings. The molecule has 0 saturated carbocycles. The van der Waals surface area contributed by atoms with E-state index in [4.69, 9.17) is 0 Å². The van der Waals surface area contributed by atoms with Crippen LogP contribution in [0.3, 0.4) is 0 Å². The molecule has 1 N–H and O–H groups in total. The van der Waals surface area contributed by atoms with E-state index >= 15 is 0 Å². The number of aliphatic hydroxyl groups is 1. The average molecular weight is 174 g/mol. The number of aliphatic hydroxyl groups excluding tert-OH is 1. The van der Waals surface area contributed by atoms with E-state index < -0.39 is 0 Å². The second kappa shape index (κ2) is 2.91. The maximum absolute atomic E-state index is 9.74. The van der Waals surface area contributed by atoms with Crippen molar-refractivity contribution in [2.75, 3.05) is 0 Å². The molecule has 0 radical (unpaired) electrons. The summed E-state index contributed by atoms with van der Waals surface area (Å²) in [6, 6.07) is 4.06. The summed E-state index contributed by atoms with van der Waals surface area (Å²) in [7, 11) is 0. The quantitative estimate of drug-likeness (QED) is 0.630. The van der Waals surface area contributed by atoms with Gasteiger partial charge >= 0.3 is 0 Å². The summed E-state index contributed by atoms with van der Waals surface area (Å²) in [5.74, 6) is 0.523. The van der Waals surface area contributed by atoms with Gasteiger partial charge in [0.15, 0.2) is 0 Å².